The summed E-state index contributed by atoms with van der Waals surface area (Å²) in [5.41, 5.74) is 4.35. The van der Waals surface area contributed by atoms with E-state index in [9.17, 15) is 14.4 Å². The van der Waals surface area contributed by atoms with Crippen LogP contribution in [-0.4, -0.2) is 72.3 Å². The molecule has 2 N–H and O–H groups in total. The third-order valence-electron chi connectivity index (χ3n) is 7.81. The van der Waals surface area contributed by atoms with Crippen molar-refractivity contribution < 1.29 is 19.1 Å². The highest BCUT2D eigenvalue weighted by Gasteiger charge is 2.31. The fourth-order valence-electron chi connectivity index (χ4n) is 5.35. The first-order valence-electron chi connectivity index (χ1n) is 15.9. The number of para-hydroxylation sites is 3. The quantitative estimate of drug-likeness (QED) is 0.127. The van der Waals surface area contributed by atoms with Crippen LogP contribution >= 0.6 is 11.8 Å². The number of halogens is 1. The number of guanidine groups is 1. The van der Waals surface area contributed by atoms with E-state index in [1.165, 1.54) is 0 Å². The van der Waals surface area contributed by atoms with E-state index in [-0.39, 0.29) is 30.9 Å². The molecule has 0 fully saturated rings. The lowest BCUT2D eigenvalue weighted by atomic mass is 10.1. The predicted octanol–water partition coefficient (Wildman–Crippen LogP) is 6.70. The average molecular weight is 682 g/mol. The Morgan fingerprint density at radius 3 is 2.29 bits per heavy atom. The first kappa shape index (κ1) is 34.8. The maximum absolute atomic E-state index is 13.5. The highest BCUT2D eigenvalue weighted by Crippen LogP contribution is 2.35. The van der Waals surface area contributed by atoms with Crippen molar-refractivity contribution in [1.82, 2.24) is 14.2 Å². The fourth-order valence-corrected chi connectivity index (χ4v) is 5.54. The number of carbonyl (C=O) groups is 3. The molecule has 4 aromatic rings. The van der Waals surface area contributed by atoms with Crippen LogP contribution < -0.4 is 20.3 Å². The van der Waals surface area contributed by atoms with Crippen molar-refractivity contribution in [3.05, 3.63) is 114 Å². The summed E-state index contributed by atoms with van der Waals surface area (Å²) in [6.45, 7) is 0.894. The predicted molar refractivity (Wildman–Crippen MR) is 194 cm³/mol. The number of amides is 4. The van der Waals surface area contributed by atoms with Gasteiger partial charge in [-0.15, -0.1) is 0 Å². The molecule has 1 heterocycles. The van der Waals surface area contributed by atoms with Gasteiger partial charge in [0.25, 0.3) is 0 Å². The van der Waals surface area contributed by atoms with Gasteiger partial charge in [0.2, 0.25) is 17.8 Å². The highest BCUT2D eigenvalue weighted by atomic mass is 35.5. The molecule has 12 heteroatoms. The first-order chi connectivity index (χ1) is 23.7. The third-order valence-corrected chi connectivity index (χ3v) is 8.12. The summed E-state index contributed by atoms with van der Waals surface area (Å²) in [7, 11) is 5.55. The van der Waals surface area contributed by atoms with E-state index < -0.39 is 6.03 Å². The molecule has 0 saturated heterocycles. The Kier molecular flexibility index (Phi) is 11.7. The van der Waals surface area contributed by atoms with Gasteiger partial charge < -0.3 is 30.1 Å². The molecule has 49 heavy (non-hydrogen) atoms. The molecule has 4 aromatic carbocycles. The van der Waals surface area contributed by atoms with Gasteiger partial charge in [-0.05, 0) is 48.4 Å². The Morgan fingerprint density at radius 1 is 0.857 bits per heavy atom. The van der Waals surface area contributed by atoms with Crippen LogP contribution in [0.15, 0.2) is 108 Å². The molecule has 0 saturated carbocycles. The minimum absolute atomic E-state index is 0.0288. The van der Waals surface area contributed by atoms with E-state index >= 15 is 0 Å². The normalized spacial score (nSPS) is 11.9. The van der Waals surface area contributed by atoms with Gasteiger partial charge in [-0.1, -0.05) is 66.7 Å². The van der Waals surface area contributed by atoms with E-state index in [0.29, 0.717) is 48.8 Å². The average Bonchev–Trinajstić information content (AvgIpc) is 3.10. The minimum atomic E-state index is -0.638. The van der Waals surface area contributed by atoms with E-state index in [2.05, 4.69) is 10.6 Å². The molecule has 0 radical (unpaired) electrons. The number of urea groups is 1. The largest absolute Gasteiger partial charge is 0.493 e. The monoisotopic (exact) mass is 681 g/mol. The Bertz CT molecular complexity index is 1790. The summed E-state index contributed by atoms with van der Waals surface area (Å²) >= 11 is 6.68. The molecule has 254 valence electrons. The standard InChI is InChI=1S/C37H40ClN7O4/c1-42(2)32-20-11-10-18-31(32)41-37(48)45(38)36-40-30-19-12-21-33(29(30)25-44(36)26-34(46)39-28-16-8-5-9-17-28)49-23-13-22-35(47)43(3)24-27-14-6-4-7-15-27/h4-12,14-21H,13,22-26H2,1-3H3,(H,39,46)(H,41,48). The molecule has 0 bridgehead atoms. The number of fused-ring (bicyclic) bond motifs is 1. The molecule has 4 amide bonds. The van der Waals surface area contributed by atoms with Crippen molar-refractivity contribution in [2.75, 3.05) is 49.8 Å². The molecule has 1 aliphatic heterocycles. The van der Waals surface area contributed by atoms with Crippen molar-refractivity contribution in [1.29, 1.82) is 0 Å². The van der Waals surface area contributed by atoms with Gasteiger partial charge in [0.15, 0.2) is 0 Å². The summed E-state index contributed by atoms with van der Waals surface area (Å²) in [6, 6.07) is 31.1. The van der Waals surface area contributed by atoms with Gasteiger partial charge in [0.1, 0.15) is 12.3 Å². The summed E-state index contributed by atoms with van der Waals surface area (Å²) in [4.78, 5) is 49.4. The van der Waals surface area contributed by atoms with Crippen molar-refractivity contribution in [3.8, 4) is 5.75 Å². The summed E-state index contributed by atoms with van der Waals surface area (Å²) in [5, 5.41) is 5.73. The van der Waals surface area contributed by atoms with Gasteiger partial charge in [-0.2, -0.15) is 4.42 Å². The molecule has 5 rings (SSSR count). The summed E-state index contributed by atoms with van der Waals surface area (Å²) in [6.07, 6.45) is 0.850. The number of hydrogen-bond acceptors (Lipinski definition) is 7. The van der Waals surface area contributed by atoms with Crippen LogP contribution in [0.2, 0.25) is 0 Å². The van der Waals surface area contributed by atoms with E-state index in [1.807, 2.05) is 91.8 Å². The molecule has 0 atom stereocenters. The van der Waals surface area contributed by atoms with Crippen LogP contribution in [0.4, 0.5) is 27.5 Å². The van der Waals surface area contributed by atoms with Crippen LogP contribution in [-0.2, 0) is 22.7 Å². The lowest BCUT2D eigenvalue weighted by Crippen LogP contribution is -2.47. The Morgan fingerprint density at radius 2 is 1.55 bits per heavy atom. The number of nitrogens with one attached hydrogen (secondary N) is 2. The van der Waals surface area contributed by atoms with Gasteiger partial charge in [0.05, 0.1) is 30.2 Å². The zero-order chi connectivity index (χ0) is 34.8. The van der Waals surface area contributed by atoms with Gasteiger partial charge >= 0.3 is 6.03 Å². The zero-order valence-electron chi connectivity index (χ0n) is 27.8. The zero-order valence-corrected chi connectivity index (χ0v) is 28.6. The van der Waals surface area contributed by atoms with Crippen molar-refractivity contribution in [2.45, 2.75) is 25.9 Å². The van der Waals surface area contributed by atoms with E-state index in [1.54, 1.807) is 47.2 Å². The molecule has 1 aliphatic rings. The van der Waals surface area contributed by atoms with Crippen molar-refractivity contribution >= 4 is 58.3 Å². The molecular formula is C37H40ClN7O4. The van der Waals surface area contributed by atoms with E-state index in [4.69, 9.17) is 21.5 Å². The minimum Gasteiger partial charge on any atom is -0.493 e. The first-order valence-corrected chi connectivity index (χ1v) is 16.3. The number of nitrogens with zero attached hydrogens (tertiary/aromatic N) is 5. The van der Waals surface area contributed by atoms with E-state index in [0.717, 1.165) is 21.2 Å². The lowest BCUT2D eigenvalue weighted by Gasteiger charge is -2.33. The number of rotatable bonds is 12. The number of benzene rings is 4. The SMILES string of the molecule is CN(Cc1ccccc1)C(=O)CCCOc1cccc2c1CN(CC(=O)Nc1ccccc1)C(N(Cl)C(=O)Nc1ccccc1N(C)C)=N2. The Labute approximate surface area is 291 Å². The smallest absolute Gasteiger partial charge is 0.343 e. The van der Waals surface area contributed by atoms with Gasteiger partial charge in [0, 0.05) is 57.1 Å². The molecule has 0 aliphatic carbocycles. The number of aliphatic imine (C=N–C) groups is 1. The second-order valence-electron chi connectivity index (χ2n) is 11.7. The van der Waals surface area contributed by atoms with Gasteiger partial charge in [-0.3, -0.25) is 9.59 Å². The third kappa shape index (κ3) is 9.29. The van der Waals surface area contributed by atoms with Gasteiger partial charge in [-0.25, -0.2) is 9.79 Å². The maximum atomic E-state index is 13.5. The molecule has 11 nitrogen and oxygen atoms in total. The molecule has 0 spiro atoms. The summed E-state index contributed by atoms with van der Waals surface area (Å²) in [5.74, 6) is 0.370. The fraction of sp³-hybridized carbons (Fsp3) is 0.243. The number of ether oxygens (including phenoxy) is 1. The molecule has 0 unspecified atom stereocenters. The maximum Gasteiger partial charge on any atom is 0.343 e. The Balaban J connectivity index is 1.30. The lowest BCUT2D eigenvalue weighted by molar-refractivity contribution is -0.130. The van der Waals surface area contributed by atoms with Crippen LogP contribution in [0.1, 0.15) is 24.0 Å². The van der Waals surface area contributed by atoms with Crippen LogP contribution in [0.5, 0.6) is 5.75 Å². The second-order valence-corrected chi connectivity index (χ2v) is 12.1. The molecular weight excluding hydrogens is 642 g/mol. The number of anilines is 3. The molecule has 0 aromatic heterocycles. The van der Waals surface area contributed by atoms with Crippen molar-refractivity contribution in [3.63, 3.8) is 0 Å². The number of hydrogen-bond donors (Lipinski definition) is 2. The van der Waals surface area contributed by atoms with Crippen LogP contribution in [0, 0.1) is 0 Å². The number of carbonyl (C=O) groups excluding carboxylic acids is 3. The Hall–Kier alpha value is -5.55. The highest BCUT2D eigenvalue weighted by molar-refractivity contribution is 6.32. The van der Waals surface area contributed by atoms with Crippen LogP contribution in [0.25, 0.3) is 0 Å². The second kappa shape index (κ2) is 16.5. The van der Waals surface area contributed by atoms with Crippen LogP contribution in [0.3, 0.4) is 0 Å². The van der Waals surface area contributed by atoms with Crippen molar-refractivity contribution in [2.24, 2.45) is 4.99 Å². The summed E-state index contributed by atoms with van der Waals surface area (Å²) < 4.78 is 7.05. The topological polar surface area (TPSA) is 110 Å².